The summed E-state index contributed by atoms with van der Waals surface area (Å²) in [7, 11) is -0.419. The van der Waals surface area contributed by atoms with Crippen molar-refractivity contribution in [2.75, 3.05) is 0 Å². The molecular formula is C18H19BClN3O2. The molecule has 25 heavy (non-hydrogen) atoms. The zero-order valence-electron chi connectivity index (χ0n) is 14.7. The number of halogens is 1. The van der Waals surface area contributed by atoms with Gasteiger partial charge in [-0.25, -0.2) is 4.52 Å². The largest absolute Gasteiger partial charge is 0.496 e. The number of fused-ring (bicyclic) bond motifs is 1. The number of rotatable bonds is 2. The molecule has 5 nitrogen and oxygen atoms in total. The van der Waals surface area contributed by atoms with Gasteiger partial charge >= 0.3 is 7.12 Å². The van der Waals surface area contributed by atoms with Crippen molar-refractivity contribution in [2.45, 2.75) is 38.9 Å². The Morgan fingerprint density at radius 2 is 1.60 bits per heavy atom. The summed E-state index contributed by atoms with van der Waals surface area (Å²) in [5.74, 6) is 0. The minimum Gasteiger partial charge on any atom is -0.399 e. The van der Waals surface area contributed by atoms with Gasteiger partial charge in [0.25, 0.3) is 0 Å². The first-order chi connectivity index (χ1) is 11.8. The maximum atomic E-state index is 6.11. The van der Waals surface area contributed by atoms with E-state index in [2.05, 4.69) is 10.3 Å². The zero-order valence-corrected chi connectivity index (χ0v) is 15.4. The first-order valence-electron chi connectivity index (χ1n) is 8.23. The maximum absolute atomic E-state index is 6.11. The van der Waals surface area contributed by atoms with Crippen LogP contribution >= 0.6 is 11.6 Å². The highest BCUT2D eigenvalue weighted by atomic mass is 35.5. The predicted octanol–water partition coefficient (Wildman–Crippen LogP) is 3.35. The van der Waals surface area contributed by atoms with Crippen LogP contribution in [0.5, 0.6) is 0 Å². The molecule has 1 aliphatic heterocycles. The Balaban J connectivity index is 1.70. The molecule has 3 heterocycles. The summed E-state index contributed by atoms with van der Waals surface area (Å²) in [6, 6.07) is 11.6. The monoisotopic (exact) mass is 355 g/mol. The fraction of sp³-hybridized carbons (Fsp3) is 0.333. The van der Waals surface area contributed by atoms with E-state index in [1.807, 2.05) is 70.3 Å². The lowest BCUT2D eigenvalue weighted by Gasteiger charge is -2.32. The number of nitrogens with zero attached hydrogens (tertiary/aromatic N) is 3. The molecule has 7 heteroatoms. The van der Waals surface area contributed by atoms with Crippen LogP contribution < -0.4 is 5.46 Å². The second-order valence-electron chi connectivity index (χ2n) is 7.33. The molecule has 0 unspecified atom stereocenters. The third kappa shape index (κ3) is 2.74. The van der Waals surface area contributed by atoms with Gasteiger partial charge in [0.05, 0.1) is 16.7 Å². The van der Waals surface area contributed by atoms with Gasteiger partial charge in [0, 0.05) is 22.2 Å². The molecule has 4 rings (SSSR count). The molecule has 0 bridgehead atoms. The second kappa shape index (κ2) is 5.56. The van der Waals surface area contributed by atoms with Crippen LogP contribution in [0.25, 0.3) is 16.8 Å². The molecule has 0 amide bonds. The van der Waals surface area contributed by atoms with Crippen LogP contribution in [0.3, 0.4) is 0 Å². The van der Waals surface area contributed by atoms with Gasteiger partial charge in [-0.15, -0.1) is 5.10 Å². The lowest BCUT2D eigenvalue weighted by Crippen LogP contribution is -2.41. The lowest BCUT2D eigenvalue weighted by atomic mass is 9.80. The first kappa shape index (κ1) is 16.6. The average molecular weight is 356 g/mol. The van der Waals surface area contributed by atoms with Gasteiger partial charge in [-0.3, -0.25) is 0 Å². The quantitative estimate of drug-likeness (QED) is 0.662. The Hall–Kier alpha value is -1.89. The van der Waals surface area contributed by atoms with Crippen LogP contribution in [-0.2, 0) is 9.31 Å². The summed E-state index contributed by atoms with van der Waals surface area (Å²) in [5, 5.41) is 9.25. The summed E-state index contributed by atoms with van der Waals surface area (Å²) in [5.41, 5.74) is 2.88. The molecule has 3 aromatic rings. The summed E-state index contributed by atoms with van der Waals surface area (Å²) in [6.07, 6.45) is 1.91. The van der Waals surface area contributed by atoms with Crippen LogP contribution in [-0.4, -0.2) is 33.1 Å². The Kier molecular flexibility index (Phi) is 3.69. The molecular weight excluding hydrogens is 336 g/mol. The van der Waals surface area contributed by atoms with E-state index >= 15 is 0 Å². The Morgan fingerprint density at radius 1 is 0.960 bits per heavy atom. The highest BCUT2D eigenvalue weighted by molar-refractivity contribution is 6.62. The van der Waals surface area contributed by atoms with Crippen LogP contribution in [0.1, 0.15) is 27.7 Å². The molecule has 0 radical (unpaired) electrons. The van der Waals surface area contributed by atoms with Crippen LogP contribution in [0.15, 0.2) is 42.6 Å². The second-order valence-corrected chi connectivity index (χ2v) is 7.76. The normalized spacial score (nSPS) is 18.8. The molecule has 2 aromatic heterocycles. The Labute approximate surface area is 152 Å². The van der Waals surface area contributed by atoms with Crippen LogP contribution in [0.2, 0.25) is 5.02 Å². The minimum absolute atomic E-state index is 0.372. The van der Waals surface area contributed by atoms with Gasteiger partial charge in [0.15, 0.2) is 0 Å². The zero-order chi connectivity index (χ0) is 17.8. The van der Waals surface area contributed by atoms with Crippen molar-refractivity contribution in [3.63, 3.8) is 0 Å². The Bertz CT molecular complexity index is 921. The van der Waals surface area contributed by atoms with E-state index in [4.69, 9.17) is 20.9 Å². The maximum Gasteiger partial charge on any atom is 0.496 e. The Morgan fingerprint density at radius 3 is 2.24 bits per heavy atom. The molecule has 1 aromatic carbocycles. The van der Waals surface area contributed by atoms with E-state index in [0.29, 0.717) is 5.02 Å². The SMILES string of the molecule is CC1(C)OB(c2ccc3c(-c4ccc(Cl)cc4)nnn3c2)OC1(C)C. The molecule has 0 aliphatic carbocycles. The molecule has 128 valence electrons. The fourth-order valence-electron chi connectivity index (χ4n) is 2.84. The fourth-order valence-corrected chi connectivity index (χ4v) is 2.97. The average Bonchev–Trinajstić information content (AvgIpc) is 3.06. The standard InChI is InChI=1S/C18H19BClN3O2/c1-17(2)18(3,4)25-19(24-17)13-7-10-15-16(21-22-23(15)11-13)12-5-8-14(20)9-6-12/h5-11H,1-4H3. The van der Waals surface area contributed by atoms with E-state index in [1.54, 1.807) is 4.52 Å². The van der Waals surface area contributed by atoms with E-state index < -0.39 is 7.12 Å². The predicted molar refractivity (Wildman–Crippen MR) is 99.1 cm³/mol. The van der Waals surface area contributed by atoms with Crippen molar-refractivity contribution in [1.82, 2.24) is 14.8 Å². The minimum atomic E-state index is -0.419. The van der Waals surface area contributed by atoms with Crippen molar-refractivity contribution in [1.29, 1.82) is 0 Å². The van der Waals surface area contributed by atoms with Gasteiger partial charge in [0.2, 0.25) is 0 Å². The highest BCUT2D eigenvalue weighted by Gasteiger charge is 2.51. The molecule has 0 N–H and O–H groups in total. The smallest absolute Gasteiger partial charge is 0.399 e. The van der Waals surface area contributed by atoms with Crippen molar-refractivity contribution < 1.29 is 9.31 Å². The van der Waals surface area contributed by atoms with Gasteiger partial charge in [-0.2, -0.15) is 0 Å². The molecule has 1 saturated heterocycles. The van der Waals surface area contributed by atoms with E-state index in [1.165, 1.54) is 0 Å². The van der Waals surface area contributed by atoms with E-state index in [9.17, 15) is 0 Å². The number of benzene rings is 1. The number of hydrogen-bond donors (Lipinski definition) is 0. The molecule has 1 fully saturated rings. The van der Waals surface area contributed by atoms with Crippen LogP contribution in [0, 0.1) is 0 Å². The summed E-state index contributed by atoms with van der Waals surface area (Å²) in [6.45, 7) is 8.17. The highest BCUT2D eigenvalue weighted by Crippen LogP contribution is 2.36. The summed E-state index contributed by atoms with van der Waals surface area (Å²) in [4.78, 5) is 0. The van der Waals surface area contributed by atoms with Gasteiger partial charge in [-0.05, 0) is 45.9 Å². The van der Waals surface area contributed by atoms with E-state index in [-0.39, 0.29) is 11.2 Å². The summed E-state index contributed by atoms with van der Waals surface area (Å²) < 4.78 is 14.0. The topological polar surface area (TPSA) is 48.7 Å². The number of hydrogen-bond acceptors (Lipinski definition) is 4. The van der Waals surface area contributed by atoms with Crippen molar-refractivity contribution in [3.05, 3.63) is 47.6 Å². The summed E-state index contributed by atoms with van der Waals surface area (Å²) >= 11 is 5.96. The van der Waals surface area contributed by atoms with E-state index in [0.717, 1.165) is 22.2 Å². The van der Waals surface area contributed by atoms with Gasteiger partial charge in [0.1, 0.15) is 5.69 Å². The first-order valence-corrected chi connectivity index (χ1v) is 8.61. The van der Waals surface area contributed by atoms with Crippen molar-refractivity contribution in [2.24, 2.45) is 0 Å². The van der Waals surface area contributed by atoms with Gasteiger partial charge in [-0.1, -0.05) is 35.0 Å². The van der Waals surface area contributed by atoms with Crippen LogP contribution in [0.4, 0.5) is 0 Å². The third-order valence-electron chi connectivity index (χ3n) is 5.08. The molecule has 0 atom stereocenters. The molecule has 1 aliphatic rings. The third-order valence-corrected chi connectivity index (χ3v) is 5.33. The van der Waals surface area contributed by atoms with Gasteiger partial charge < -0.3 is 9.31 Å². The molecule has 0 saturated carbocycles. The number of pyridine rings is 1. The van der Waals surface area contributed by atoms with Crippen molar-refractivity contribution >= 4 is 29.7 Å². The van der Waals surface area contributed by atoms with Crippen molar-refractivity contribution in [3.8, 4) is 11.3 Å². The molecule has 0 spiro atoms. The number of aromatic nitrogens is 3. The lowest BCUT2D eigenvalue weighted by molar-refractivity contribution is 0.00578.